The van der Waals surface area contributed by atoms with Crippen LogP contribution in [0, 0.1) is 0 Å². The lowest BCUT2D eigenvalue weighted by Crippen LogP contribution is -2.41. The van der Waals surface area contributed by atoms with Gasteiger partial charge in [0.2, 0.25) is 0 Å². The number of aromatic nitrogens is 2. The lowest BCUT2D eigenvalue weighted by Gasteiger charge is -2.32. The Kier molecular flexibility index (Phi) is 2.59. The second kappa shape index (κ2) is 3.78. The van der Waals surface area contributed by atoms with Crippen molar-refractivity contribution in [1.82, 2.24) is 9.97 Å². The maximum Gasteiger partial charge on any atom is 0.498 e. The molecule has 1 saturated carbocycles. The van der Waals surface area contributed by atoms with Crippen molar-refractivity contribution in [1.29, 1.82) is 0 Å². The summed E-state index contributed by atoms with van der Waals surface area (Å²) < 4.78 is 11.9. The highest BCUT2D eigenvalue weighted by Crippen LogP contribution is 2.43. The van der Waals surface area contributed by atoms with Crippen molar-refractivity contribution in [3.8, 4) is 0 Å². The molecule has 2 fully saturated rings. The molecule has 5 nitrogen and oxygen atoms in total. The summed E-state index contributed by atoms with van der Waals surface area (Å²) in [6, 6.07) is 0. The predicted octanol–water partition coefficient (Wildman–Crippen LogP) is 0.757. The normalized spacial score (nSPS) is 26.5. The molecule has 1 aromatic heterocycles. The molecule has 1 aromatic rings. The first-order valence-corrected chi connectivity index (χ1v) is 6.64. The van der Waals surface area contributed by atoms with Crippen LogP contribution in [0.1, 0.15) is 46.4 Å². The molecule has 0 amide bonds. The molecule has 3 rings (SSSR count). The fraction of sp³-hybridized carbons (Fsp3) is 0.692. The lowest BCUT2D eigenvalue weighted by molar-refractivity contribution is 0.00578. The van der Waals surface area contributed by atoms with Gasteiger partial charge >= 0.3 is 7.12 Å². The Morgan fingerprint density at radius 1 is 1.05 bits per heavy atom. The zero-order valence-corrected chi connectivity index (χ0v) is 11.8. The van der Waals surface area contributed by atoms with Gasteiger partial charge in [-0.25, -0.2) is 9.97 Å². The Labute approximate surface area is 113 Å². The van der Waals surface area contributed by atoms with E-state index in [1.165, 1.54) is 0 Å². The van der Waals surface area contributed by atoms with Crippen molar-refractivity contribution in [3.05, 3.63) is 18.2 Å². The topological polar surface area (TPSA) is 64.5 Å². The Hall–Kier alpha value is -0.975. The summed E-state index contributed by atoms with van der Waals surface area (Å²) in [6.45, 7) is 8.04. The van der Waals surface area contributed by atoms with E-state index < -0.39 is 12.7 Å². The summed E-state index contributed by atoms with van der Waals surface area (Å²) in [6.07, 6.45) is 4.84. The van der Waals surface area contributed by atoms with E-state index in [0.717, 1.165) is 18.3 Å². The summed E-state index contributed by atoms with van der Waals surface area (Å²) in [4.78, 5) is 8.46. The highest BCUT2D eigenvalue weighted by molar-refractivity contribution is 6.61. The lowest BCUT2D eigenvalue weighted by atomic mass is 9.81. The molecule has 0 spiro atoms. The first kappa shape index (κ1) is 13.0. The zero-order valence-electron chi connectivity index (χ0n) is 11.8. The number of hydrogen-bond acceptors (Lipinski definition) is 5. The average molecular weight is 262 g/mol. The third kappa shape index (κ3) is 2.08. The molecule has 6 heteroatoms. The van der Waals surface area contributed by atoms with Gasteiger partial charge in [0.1, 0.15) is 5.60 Å². The van der Waals surface area contributed by atoms with Gasteiger partial charge in [-0.15, -0.1) is 0 Å². The summed E-state index contributed by atoms with van der Waals surface area (Å²) >= 11 is 0. The van der Waals surface area contributed by atoms with Crippen molar-refractivity contribution in [2.75, 3.05) is 0 Å². The van der Waals surface area contributed by atoms with Crippen molar-refractivity contribution in [3.63, 3.8) is 0 Å². The first-order valence-electron chi connectivity index (χ1n) is 6.64. The second-order valence-corrected chi connectivity index (χ2v) is 6.46. The molecular weight excluding hydrogens is 243 g/mol. The molecule has 0 bridgehead atoms. The van der Waals surface area contributed by atoms with Crippen LogP contribution in [-0.4, -0.2) is 33.4 Å². The maximum atomic E-state index is 9.93. The van der Waals surface area contributed by atoms with Gasteiger partial charge in [-0.3, -0.25) is 0 Å². The van der Waals surface area contributed by atoms with Crippen LogP contribution >= 0.6 is 0 Å². The Bertz CT molecular complexity index is 481. The van der Waals surface area contributed by atoms with Crippen molar-refractivity contribution < 1.29 is 14.4 Å². The summed E-state index contributed by atoms with van der Waals surface area (Å²) in [5.41, 5.74) is -0.753. The molecule has 2 heterocycles. The van der Waals surface area contributed by atoms with E-state index in [4.69, 9.17) is 9.31 Å². The van der Waals surface area contributed by atoms with Crippen LogP contribution in [0.3, 0.4) is 0 Å². The van der Waals surface area contributed by atoms with Crippen molar-refractivity contribution in [2.45, 2.75) is 57.3 Å². The van der Waals surface area contributed by atoms with Gasteiger partial charge in [-0.05, 0) is 40.5 Å². The van der Waals surface area contributed by atoms with E-state index in [-0.39, 0.29) is 11.2 Å². The summed E-state index contributed by atoms with van der Waals surface area (Å²) in [5, 5.41) is 9.93. The molecule has 19 heavy (non-hydrogen) atoms. The summed E-state index contributed by atoms with van der Waals surface area (Å²) in [7, 11) is -0.451. The molecule has 1 saturated heterocycles. The molecule has 1 aliphatic heterocycles. The molecule has 0 unspecified atom stereocenters. The van der Waals surface area contributed by atoms with Crippen LogP contribution in [0.4, 0.5) is 0 Å². The Morgan fingerprint density at radius 2 is 1.53 bits per heavy atom. The highest BCUT2D eigenvalue weighted by Gasteiger charge is 2.52. The van der Waals surface area contributed by atoms with Gasteiger partial charge in [-0.1, -0.05) is 0 Å². The number of nitrogens with zero attached hydrogens (tertiary/aromatic N) is 2. The monoisotopic (exact) mass is 262 g/mol. The average Bonchev–Trinajstić information content (AvgIpc) is 3.02. The number of aliphatic hydroxyl groups is 1. The van der Waals surface area contributed by atoms with E-state index in [0.29, 0.717) is 5.82 Å². The quantitative estimate of drug-likeness (QED) is 0.797. The van der Waals surface area contributed by atoms with Crippen molar-refractivity contribution in [2.24, 2.45) is 0 Å². The van der Waals surface area contributed by atoms with Crippen LogP contribution in [0.5, 0.6) is 0 Å². The minimum absolute atomic E-state index is 0.370. The van der Waals surface area contributed by atoms with E-state index >= 15 is 0 Å². The molecule has 0 atom stereocenters. The molecule has 2 aliphatic rings. The smallest absolute Gasteiger partial charge is 0.399 e. The van der Waals surface area contributed by atoms with E-state index in [2.05, 4.69) is 9.97 Å². The number of hydrogen-bond donors (Lipinski definition) is 1. The zero-order chi connectivity index (χ0) is 13.9. The van der Waals surface area contributed by atoms with E-state index in [1.807, 2.05) is 27.7 Å². The molecule has 102 valence electrons. The predicted molar refractivity (Wildman–Crippen MR) is 70.9 cm³/mol. The second-order valence-electron chi connectivity index (χ2n) is 6.46. The van der Waals surface area contributed by atoms with Crippen LogP contribution in [0.25, 0.3) is 0 Å². The fourth-order valence-electron chi connectivity index (χ4n) is 2.02. The fourth-order valence-corrected chi connectivity index (χ4v) is 2.02. The standard InChI is InChI=1S/C13H19BN2O3/c1-11(2)12(3,4)19-14(18-11)9-7-15-10(16-8-9)13(17)5-6-13/h7-8,17H,5-6H2,1-4H3. The van der Waals surface area contributed by atoms with Gasteiger partial charge in [0.25, 0.3) is 0 Å². The Balaban J connectivity index is 1.81. The van der Waals surface area contributed by atoms with Crippen LogP contribution < -0.4 is 5.46 Å². The SMILES string of the molecule is CC1(C)OB(c2cnc(C3(O)CC3)nc2)OC1(C)C. The van der Waals surface area contributed by atoms with E-state index in [1.54, 1.807) is 12.4 Å². The first-order chi connectivity index (χ1) is 8.74. The largest absolute Gasteiger partial charge is 0.498 e. The van der Waals surface area contributed by atoms with E-state index in [9.17, 15) is 5.11 Å². The molecule has 0 aromatic carbocycles. The van der Waals surface area contributed by atoms with Gasteiger partial charge in [0.15, 0.2) is 5.82 Å². The van der Waals surface area contributed by atoms with Gasteiger partial charge in [0, 0.05) is 17.9 Å². The van der Waals surface area contributed by atoms with Crippen LogP contribution in [0.2, 0.25) is 0 Å². The van der Waals surface area contributed by atoms with Gasteiger partial charge in [0.05, 0.1) is 11.2 Å². The molecule has 1 N–H and O–H groups in total. The number of rotatable bonds is 2. The minimum atomic E-state index is -0.797. The van der Waals surface area contributed by atoms with Gasteiger partial charge in [-0.2, -0.15) is 0 Å². The third-order valence-electron chi connectivity index (χ3n) is 4.34. The highest BCUT2D eigenvalue weighted by atomic mass is 16.7. The Morgan fingerprint density at radius 3 is 1.95 bits per heavy atom. The van der Waals surface area contributed by atoms with Crippen LogP contribution in [0.15, 0.2) is 12.4 Å². The third-order valence-corrected chi connectivity index (χ3v) is 4.34. The molecule has 1 aliphatic carbocycles. The maximum absolute atomic E-state index is 9.93. The van der Waals surface area contributed by atoms with Crippen molar-refractivity contribution >= 4 is 12.6 Å². The minimum Gasteiger partial charge on any atom is -0.399 e. The molecule has 0 radical (unpaired) electrons. The summed E-state index contributed by atoms with van der Waals surface area (Å²) in [5.74, 6) is 0.493. The van der Waals surface area contributed by atoms with Gasteiger partial charge < -0.3 is 14.4 Å². The molecular formula is C13H19BN2O3. The van der Waals surface area contributed by atoms with Crippen LogP contribution in [-0.2, 0) is 14.9 Å².